The fraction of sp³-hybridized carbons (Fsp3) is 0.300. The van der Waals surface area contributed by atoms with Gasteiger partial charge in [-0.25, -0.2) is 9.78 Å². The van der Waals surface area contributed by atoms with Crippen molar-refractivity contribution in [3.8, 4) is 0 Å². The number of hydrogen-bond donors (Lipinski definition) is 1. The van der Waals surface area contributed by atoms with Crippen LogP contribution in [0.25, 0.3) is 0 Å². The lowest BCUT2D eigenvalue weighted by molar-refractivity contribution is 0.0606. The molecule has 0 fully saturated rings. The first-order chi connectivity index (χ1) is 8.19. The predicted octanol–water partition coefficient (Wildman–Crippen LogP) is 1.84. The van der Waals surface area contributed by atoms with Crippen molar-refractivity contribution in [2.75, 3.05) is 12.4 Å². The summed E-state index contributed by atoms with van der Waals surface area (Å²) in [4.78, 5) is 15.7. The molecule has 0 atom stereocenters. The van der Waals surface area contributed by atoms with Crippen molar-refractivity contribution in [1.29, 1.82) is 0 Å². The Morgan fingerprint density at radius 3 is 3.12 bits per heavy atom. The van der Waals surface area contributed by atoms with Gasteiger partial charge < -0.3 is 14.6 Å². The molecule has 0 spiro atoms. The lowest BCUT2D eigenvalue weighted by Crippen LogP contribution is -1.98. The lowest BCUT2D eigenvalue weighted by Gasteiger charge is -1.96. The van der Waals surface area contributed by atoms with E-state index in [9.17, 15) is 4.79 Å². The van der Waals surface area contributed by atoms with Crippen LogP contribution in [-0.2, 0) is 11.3 Å². The normalized spacial score (nSPS) is 10.2. The third-order valence-electron chi connectivity index (χ3n) is 1.99. The maximum atomic E-state index is 11.2. The van der Waals surface area contributed by atoms with Crippen molar-refractivity contribution >= 4 is 22.4 Å². The first kappa shape index (κ1) is 11.6. The second-order valence-corrected chi connectivity index (χ2v) is 4.33. The van der Waals surface area contributed by atoms with Gasteiger partial charge >= 0.3 is 5.97 Å². The minimum Gasteiger partial charge on any atom is -0.465 e. The van der Waals surface area contributed by atoms with Crippen molar-refractivity contribution in [2.45, 2.75) is 13.5 Å². The summed E-state index contributed by atoms with van der Waals surface area (Å²) in [6, 6.07) is 1.84. The number of aromatic nitrogens is 2. The molecular weight excluding hydrogens is 242 g/mol. The zero-order valence-corrected chi connectivity index (χ0v) is 10.2. The number of hydrogen-bond acceptors (Lipinski definition) is 7. The van der Waals surface area contributed by atoms with E-state index < -0.39 is 0 Å². The molecule has 0 amide bonds. The molecule has 2 aromatic heterocycles. The lowest BCUT2D eigenvalue weighted by atomic mass is 10.4. The molecule has 0 aliphatic rings. The van der Waals surface area contributed by atoms with Gasteiger partial charge in [0.1, 0.15) is 16.3 Å². The number of carbonyl (C=O) groups is 1. The van der Waals surface area contributed by atoms with E-state index in [4.69, 9.17) is 4.52 Å². The van der Waals surface area contributed by atoms with Crippen LogP contribution in [0.2, 0.25) is 0 Å². The monoisotopic (exact) mass is 253 g/mol. The Labute approximate surface area is 102 Å². The van der Waals surface area contributed by atoms with Crippen LogP contribution in [0.15, 0.2) is 16.8 Å². The Morgan fingerprint density at radius 2 is 2.47 bits per heavy atom. The minimum absolute atomic E-state index is 0.382. The second-order valence-electron chi connectivity index (χ2n) is 3.30. The van der Waals surface area contributed by atoms with E-state index in [0.717, 1.165) is 11.5 Å². The molecule has 2 rings (SSSR count). The topological polar surface area (TPSA) is 77.2 Å². The maximum absolute atomic E-state index is 11.2. The van der Waals surface area contributed by atoms with E-state index in [-0.39, 0.29) is 5.97 Å². The fourth-order valence-electron chi connectivity index (χ4n) is 1.22. The number of ether oxygens (including phenoxy) is 1. The molecule has 1 N–H and O–H groups in total. The summed E-state index contributed by atoms with van der Waals surface area (Å²) in [5, 5.41) is 7.53. The molecule has 0 radical (unpaired) electrons. The molecule has 0 aliphatic carbocycles. The summed E-state index contributed by atoms with van der Waals surface area (Å²) in [5.41, 5.74) is 0.789. The highest BCUT2D eigenvalue weighted by atomic mass is 32.1. The average molecular weight is 253 g/mol. The molecule has 6 nitrogen and oxygen atoms in total. The molecule has 0 aromatic carbocycles. The van der Waals surface area contributed by atoms with Crippen molar-refractivity contribution in [3.05, 3.63) is 28.6 Å². The molecule has 0 saturated heterocycles. The summed E-state index contributed by atoms with van der Waals surface area (Å²) in [6.07, 6.45) is 1.48. The zero-order valence-electron chi connectivity index (χ0n) is 9.39. The number of esters is 1. The standard InChI is InChI=1S/C10H11N3O3S/c1-6-3-7(13-16-6)4-11-10-12-5-8(17-10)9(14)15-2/h3,5H,4H2,1-2H3,(H,11,12). The van der Waals surface area contributed by atoms with Crippen LogP contribution in [-0.4, -0.2) is 23.2 Å². The van der Waals surface area contributed by atoms with E-state index in [1.165, 1.54) is 24.6 Å². The van der Waals surface area contributed by atoms with Gasteiger partial charge in [0.2, 0.25) is 0 Å². The van der Waals surface area contributed by atoms with Crippen LogP contribution in [0.5, 0.6) is 0 Å². The number of nitrogens with one attached hydrogen (secondary N) is 1. The van der Waals surface area contributed by atoms with Crippen LogP contribution >= 0.6 is 11.3 Å². The average Bonchev–Trinajstić information content (AvgIpc) is 2.94. The molecule has 2 heterocycles. The van der Waals surface area contributed by atoms with Crippen molar-refractivity contribution in [2.24, 2.45) is 0 Å². The van der Waals surface area contributed by atoms with Gasteiger partial charge in [0, 0.05) is 6.07 Å². The first-order valence-corrected chi connectivity index (χ1v) is 5.71. The number of thiazole rings is 1. The Hall–Kier alpha value is -1.89. The number of methoxy groups -OCH3 is 1. The largest absolute Gasteiger partial charge is 0.465 e. The smallest absolute Gasteiger partial charge is 0.349 e. The van der Waals surface area contributed by atoms with Crippen LogP contribution in [0.1, 0.15) is 21.1 Å². The third-order valence-corrected chi connectivity index (χ3v) is 2.92. The van der Waals surface area contributed by atoms with Crippen LogP contribution in [0.4, 0.5) is 5.13 Å². The van der Waals surface area contributed by atoms with Gasteiger partial charge in [-0.3, -0.25) is 0 Å². The Morgan fingerprint density at radius 1 is 1.65 bits per heavy atom. The van der Waals surface area contributed by atoms with E-state index in [1.807, 2.05) is 13.0 Å². The summed E-state index contributed by atoms with van der Waals surface area (Å²) in [5.74, 6) is 0.379. The summed E-state index contributed by atoms with van der Waals surface area (Å²) in [7, 11) is 1.34. The quantitative estimate of drug-likeness (QED) is 0.838. The van der Waals surface area contributed by atoms with Crippen LogP contribution in [0, 0.1) is 6.92 Å². The fourth-order valence-corrected chi connectivity index (χ4v) is 1.95. The van der Waals surface area contributed by atoms with Gasteiger partial charge in [-0.15, -0.1) is 0 Å². The number of carbonyl (C=O) groups excluding carboxylic acids is 1. The Bertz CT molecular complexity index is 520. The van der Waals surface area contributed by atoms with E-state index in [2.05, 4.69) is 20.2 Å². The Balaban J connectivity index is 1.95. The molecule has 7 heteroatoms. The highest BCUT2D eigenvalue weighted by molar-refractivity contribution is 7.17. The van der Waals surface area contributed by atoms with Gasteiger partial charge in [0.25, 0.3) is 0 Å². The number of rotatable bonds is 4. The molecule has 17 heavy (non-hydrogen) atoms. The summed E-state index contributed by atoms with van der Waals surface area (Å²) in [6.45, 7) is 2.33. The first-order valence-electron chi connectivity index (χ1n) is 4.89. The molecule has 0 unspecified atom stereocenters. The van der Waals surface area contributed by atoms with Crippen LogP contribution in [0.3, 0.4) is 0 Å². The van der Waals surface area contributed by atoms with E-state index in [1.54, 1.807) is 0 Å². The van der Waals surface area contributed by atoms with Crippen molar-refractivity contribution < 1.29 is 14.1 Å². The third kappa shape index (κ3) is 2.82. The second kappa shape index (κ2) is 4.96. The molecule has 0 aliphatic heterocycles. The molecule has 90 valence electrons. The molecule has 0 saturated carbocycles. The van der Waals surface area contributed by atoms with Gasteiger partial charge in [-0.1, -0.05) is 16.5 Å². The molecule has 0 bridgehead atoms. The highest BCUT2D eigenvalue weighted by Crippen LogP contribution is 2.19. The van der Waals surface area contributed by atoms with Gasteiger partial charge in [0.05, 0.1) is 19.9 Å². The maximum Gasteiger partial charge on any atom is 0.349 e. The van der Waals surface area contributed by atoms with Gasteiger partial charge in [0.15, 0.2) is 5.13 Å². The number of anilines is 1. The Kier molecular flexibility index (Phi) is 3.38. The summed E-state index contributed by atoms with van der Waals surface area (Å²) < 4.78 is 9.52. The summed E-state index contributed by atoms with van der Waals surface area (Å²) >= 11 is 1.24. The molecular formula is C10H11N3O3S. The highest BCUT2D eigenvalue weighted by Gasteiger charge is 2.10. The SMILES string of the molecule is COC(=O)c1cnc(NCc2cc(C)on2)s1. The number of nitrogens with zero attached hydrogens (tertiary/aromatic N) is 2. The zero-order chi connectivity index (χ0) is 12.3. The predicted molar refractivity (Wildman–Crippen MR) is 62.0 cm³/mol. The van der Waals surface area contributed by atoms with Crippen LogP contribution < -0.4 is 5.32 Å². The van der Waals surface area contributed by atoms with Crippen molar-refractivity contribution in [1.82, 2.24) is 10.1 Å². The van der Waals surface area contributed by atoms with E-state index >= 15 is 0 Å². The molecule has 2 aromatic rings. The van der Waals surface area contributed by atoms with Gasteiger partial charge in [-0.2, -0.15) is 0 Å². The van der Waals surface area contributed by atoms with Crippen molar-refractivity contribution in [3.63, 3.8) is 0 Å². The minimum atomic E-state index is -0.382. The van der Waals surface area contributed by atoms with E-state index in [0.29, 0.717) is 16.6 Å². The van der Waals surface area contributed by atoms with Gasteiger partial charge in [-0.05, 0) is 6.92 Å². The number of aryl methyl sites for hydroxylation is 1.